The zero-order valence-corrected chi connectivity index (χ0v) is 10.3. The number of rotatable bonds is 1. The van der Waals surface area contributed by atoms with E-state index in [1.165, 1.54) is 0 Å². The van der Waals surface area contributed by atoms with E-state index < -0.39 is 29.8 Å². The highest BCUT2D eigenvalue weighted by Crippen LogP contribution is 2.21. The minimum Gasteiger partial charge on any atom is -0.481 e. The van der Waals surface area contributed by atoms with Gasteiger partial charge in [0.05, 0.1) is 12.5 Å². The molecule has 1 fully saturated rings. The van der Waals surface area contributed by atoms with Crippen molar-refractivity contribution in [2.24, 2.45) is 5.92 Å². The maximum atomic E-state index is 13.3. The smallest absolute Gasteiger partial charge is 0.410 e. The van der Waals surface area contributed by atoms with Crippen LogP contribution in [0.3, 0.4) is 0 Å². The second-order valence-corrected chi connectivity index (χ2v) is 5.25. The summed E-state index contributed by atoms with van der Waals surface area (Å²) in [6.07, 6.45) is -2.02. The summed E-state index contributed by atoms with van der Waals surface area (Å²) in [6.45, 7) is 5.02. The second-order valence-electron chi connectivity index (χ2n) is 5.25. The molecule has 1 aliphatic heterocycles. The zero-order chi connectivity index (χ0) is 13.2. The molecular formula is C11H18FNO4. The number of carbonyl (C=O) groups excluding carboxylic acids is 1. The molecule has 98 valence electrons. The molecule has 1 saturated heterocycles. The van der Waals surface area contributed by atoms with E-state index >= 15 is 0 Å². The van der Waals surface area contributed by atoms with Crippen molar-refractivity contribution in [2.75, 3.05) is 13.1 Å². The Hall–Kier alpha value is -1.33. The second kappa shape index (κ2) is 4.89. The van der Waals surface area contributed by atoms with Gasteiger partial charge in [-0.3, -0.25) is 4.79 Å². The molecular weight excluding hydrogens is 229 g/mol. The minimum absolute atomic E-state index is 0.00463. The van der Waals surface area contributed by atoms with E-state index in [4.69, 9.17) is 9.84 Å². The third-order valence-corrected chi connectivity index (χ3v) is 2.40. The molecule has 5 nitrogen and oxygen atoms in total. The van der Waals surface area contributed by atoms with Crippen molar-refractivity contribution in [3.05, 3.63) is 0 Å². The number of nitrogens with zero attached hydrogens (tertiary/aromatic N) is 1. The Kier molecular flexibility index (Phi) is 3.95. The summed E-state index contributed by atoms with van der Waals surface area (Å²) in [7, 11) is 0. The molecule has 0 saturated carbocycles. The van der Waals surface area contributed by atoms with Crippen LogP contribution in [0.15, 0.2) is 0 Å². The fourth-order valence-corrected chi connectivity index (χ4v) is 1.69. The Balaban J connectivity index is 2.64. The van der Waals surface area contributed by atoms with Gasteiger partial charge in [-0.2, -0.15) is 0 Å². The van der Waals surface area contributed by atoms with Crippen LogP contribution in [0.25, 0.3) is 0 Å². The van der Waals surface area contributed by atoms with Crippen LogP contribution in [0.4, 0.5) is 9.18 Å². The Labute approximate surface area is 99.5 Å². The number of likely N-dealkylation sites (tertiary alicyclic amines) is 1. The SMILES string of the molecule is CC(C)(C)OC(=O)N1CC(F)CC(C(=O)O)C1. The average Bonchev–Trinajstić information content (AvgIpc) is 2.13. The standard InChI is InChI=1S/C11H18FNO4/c1-11(2,3)17-10(16)13-5-7(9(14)15)4-8(12)6-13/h7-8H,4-6H2,1-3H3,(H,14,15). The van der Waals surface area contributed by atoms with Gasteiger partial charge in [0.15, 0.2) is 0 Å². The van der Waals surface area contributed by atoms with Crippen LogP contribution in [-0.4, -0.2) is 46.9 Å². The predicted octanol–water partition coefficient (Wildman–Crippen LogP) is 1.67. The van der Waals surface area contributed by atoms with E-state index in [0.717, 1.165) is 4.90 Å². The first-order valence-corrected chi connectivity index (χ1v) is 5.54. The van der Waals surface area contributed by atoms with E-state index in [9.17, 15) is 14.0 Å². The number of carbonyl (C=O) groups is 2. The van der Waals surface area contributed by atoms with Crippen LogP contribution in [0, 0.1) is 5.92 Å². The van der Waals surface area contributed by atoms with Crippen molar-refractivity contribution in [1.29, 1.82) is 0 Å². The van der Waals surface area contributed by atoms with Crippen LogP contribution in [0.5, 0.6) is 0 Å². The van der Waals surface area contributed by atoms with Gasteiger partial charge >= 0.3 is 12.1 Å². The summed E-state index contributed by atoms with van der Waals surface area (Å²) in [5.41, 5.74) is -0.668. The molecule has 2 atom stereocenters. The van der Waals surface area contributed by atoms with E-state index in [1.807, 2.05) is 0 Å². The van der Waals surface area contributed by atoms with Crippen molar-refractivity contribution < 1.29 is 23.8 Å². The number of aliphatic carboxylic acids is 1. The quantitative estimate of drug-likeness (QED) is 0.765. The fraction of sp³-hybridized carbons (Fsp3) is 0.818. The summed E-state index contributed by atoms with van der Waals surface area (Å²) in [5.74, 6) is -1.94. The number of carboxylic acids is 1. The summed E-state index contributed by atoms with van der Waals surface area (Å²) in [4.78, 5) is 23.6. The van der Waals surface area contributed by atoms with E-state index in [2.05, 4.69) is 0 Å². The highest BCUT2D eigenvalue weighted by Gasteiger charge is 2.35. The number of carboxylic acid groups (broad SMARTS) is 1. The van der Waals surface area contributed by atoms with Gasteiger partial charge in [0.1, 0.15) is 11.8 Å². The molecule has 6 heteroatoms. The molecule has 0 radical (unpaired) electrons. The van der Waals surface area contributed by atoms with E-state index in [1.54, 1.807) is 20.8 Å². The van der Waals surface area contributed by atoms with Crippen LogP contribution in [-0.2, 0) is 9.53 Å². The molecule has 0 aromatic carbocycles. The van der Waals surface area contributed by atoms with Gasteiger partial charge in [-0.1, -0.05) is 0 Å². The lowest BCUT2D eigenvalue weighted by atomic mass is 9.97. The van der Waals surface area contributed by atoms with Crippen molar-refractivity contribution in [3.8, 4) is 0 Å². The predicted molar refractivity (Wildman–Crippen MR) is 58.4 cm³/mol. The van der Waals surface area contributed by atoms with Gasteiger partial charge in [-0.25, -0.2) is 9.18 Å². The van der Waals surface area contributed by atoms with Gasteiger partial charge in [0.2, 0.25) is 0 Å². The lowest BCUT2D eigenvalue weighted by Crippen LogP contribution is -2.48. The molecule has 0 bridgehead atoms. The zero-order valence-electron chi connectivity index (χ0n) is 10.3. The first kappa shape index (κ1) is 13.7. The highest BCUT2D eigenvalue weighted by atomic mass is 19.1. The molecule has 17 heavy (non-hydrogen) atoms. The van der Waals surface area contributed by atoms with Crippen LogP contribution in [0.1, 0.15) is 27.2 Å². The summed E-state index contributed by atoms with van der Waals surface area (Å²) in [5, 5.41) is 8.84. The molecule has 0 aromatic heterocycles. The molecule has 1 amide bonds. The number of hydrogen-bond acceptors (Lipinski definition) is 3. The number of halogens is 1. The fourth-order valence-electron chi connectivity index (χ4n) is 1.69. The first-order chi connectivity index (χ1) is 7.69. The van der Waals surface area contributed by atoms with Gasteiger partial charge < -0.3 is 14.7 Å². The first-order valence-electron chi connectivity index (χ1n) is 5.54. The molecule has 1 rings (SSSR count). The Morgan fingerprint density at radius 2 is 1.94 bits per heavy atom. The minimum atomic E-state index is -1.31. The Morgan fingerprint density at radius 3 is 2.41 bits per heavy atom. The molecule has 1 aliphatic rings. The number of piperidine rings is 1. The number of ether oxygens (including phenoxy) is 1. The largest absolute Gasteiger partial charge is 0.481 e. The summed E-state index contributed by atoms with van der Waals surface area (Å²) >= 11 is 0. The molecule has 0 spiro atoms. The van der Waals surface area contributed by atoms with Crippen LogP contribution >= 0.6 is 0 Å². The maximum absolute atomic E-state index is 13.3. The normalized spacial score (nSPS) is 25.5. The topological polar surface area (TPSA) is 66.8 Å². The highest BCUT2D eigenvalue weighted by molar-refractivity contribution is 5.73. The monoisotopic (exact) mass is 247 g/mol. The molecule has 0 aromatic rings. The molecule has 0 aliphatic carbocycles. The lowest BCUT2D eigenvalue weighted by Gasteiger charge is -2.34. The van der Waals surface area contributed by atoms with E-state index in [-0.39, 0.29) is 19.5 Å². The van der Waals surface area contributed by atoms with Crippen LogP contribution in [0.2, 0.25) is 0 Å². The molecule has 2 unspecified atom stereocenters. The van der Waals surface area contributed by atoms with Crippen molar-refractivity contribution in [3.63, 3.8) is 0 Å². The molecule has 1 heterocycles. The van der Waals surface area contributed by atoms with Crippen molar-refractivity contribution in [1.82, 2.24) is 4.90 Å². The number of hydrogen-bond donors (Lipinski definition) is 1. The third-order valence-electron chi connectivity index (χ3n) is 2.40. The lowest BCUT2D eigenvalue weighted by molar-refractivity contribution is -0.144. The van der Waals surface area contributed by atoms with E-state index in [0.29, 0.717) is 0 Å². The van der Waals surface area contributed by atoms with Crippen molar-refractivity contribution >= 4 is 12.1 Å². The molecule has 1 N–H and O–H groups in total. The van der Waals surface area contributed by atoms with Gasteiger partial charge in [0.25, 0.3) is 0 Å². The van der Waals surface area contributed by atoms with Gasteiger partial charge in [0, 0.05) is 6.54 Å². The number of alkyl halides is 1. The Morgan fingerprint density at radius 1 is 1.35 bits per heavy atom. The maximum Gasteiger partial charge on any atom is 0.410 e. The van der Waals surface area contributed by atoms with Gasteiger partial charge in [-0.05, 0) is 27.2 Å². The number of amides is 1. The summed E-state index contributed by atoms with van der Waals surface area (Å²) in [6, 6.07) is 0. The summed E-state index contributed by atoms with van der Waals surface area (Å²) < 4.78 is 18.4. The van der Waals surface area contributed by atoms with Crippen molar-refractivity contribution in [2.45, 2.75) is 39.0 Å². The average molecular weight is 247 g/mol. The third kappa shape index (κ3) is 4.20. The van der Waals surface area contributed by atoms with Crippen LogP contribution < -0.4 is 0 Å². The Bertz CT molecular complexity index is 313. The van der Waals surface area contributed by atoms with Gasteiger partial charge in [-0.15, -0.1) is 0 Å².